The van der Waals surface area contributed by atoms with E-state index >= 15 is 0 Å². The highest BCUT2D eigenvalue weighted by atomic mass is 16.3. The average molecular weight is 299 g/mol. The van der Waals surface area contributed by atoms with Gasteiger partial charge in [0.1, 0.15) is 5.60 Å². The lowest BCUT2D eigenvalue weighted by atomic mass is 9.85. The van der Waals surface area contributed by atoms with Crippen molar-refractivity contribution >= 4 is 17.9 Å². The van der Waals surface area contributed by atoms with Gasteiger partial charge >= 0.3 is 0 Å². The summed E-state index contributed by atoms with van der Waals surface area (Å²) in [5.74, 6) is -0.897. The lowest BCUT2D eigenvalue weighted by molar-refractivity contribution is -0.141. The van der Waals surface area contributed by atoms with E-state index in [4.69, 9.17) is 0 Å². The van der Waals surface area contributed by atoms with Gasteiger partial charge in [0, 0.05) is 12.5 Å². The minimum Gasteiger partial charge on any atom is -0.389 e. The molecule has 3 atom stereocenters. The van der Waals surface area contributed by atoms with Crippen molar-refractivity contribution in [1.82, 2.24) is 4.90 Å². The van der Waals surface area contributed by atoms with E-state index in [0.29, 0.717) is 0 Å². The Morgan fingerprint density at radius 1 is 1.32 bits per heavy atom. The quantitative estimate of drug-likeness (QED) is 0.628. The molecule has 2 N–H and O–H groups in total. The van der Waals surface area contributed by atoms with E-state index in [1.807, 2.05) is 30.3 Å². The smallest absolute Gasteiger partial charge is 0.253 e. The number of imide groups is 1. The minimum absolute atomic E-state index is 0.133. The van der Waals surface area contributed by atoms with Crippen molar-refractivity contribution in [1.29, 1.82) is 0 Å². The van der Waals surface area contributed by atoms with Crippen LogP contribution in [0.3, 0.4) is 0 Å². The highest BCUT2D eigenvalue weighted by Crippen LogP contribution is 2.37. The van der Waals surface area contributed by atoms with Gasteiger partial charge in [-0.25, -0.2) is 0 Å². The molecule has 0 aromatic heterocycles. The number of aliphatic hydroxyl groups is 2. The number of hydrogen-bond acceptors (Lipinski definition) is 4. The third-order valence-corrected chi connectivity index (χ3v) is 4.12. The summed E-state index contributed by atoms with van der Waals surface area (Å²) in [6.45, 7) is 0. The summed E-state index contributed by atoms with van der Waals surface area (Å²) >= 11 is 0. The van der Waals surface area contributed by atoms with Crippen LogP contribution < -0.4 is 0 Å². The molecule has 1 aliphatic carbocycles. The van der Waals surface area contributed by atoms with Crippen LogP contribution in [0, 0.1) is 0 Å². The Labute approximate surface area is 128 Å². The van der Waals surface area contributed by atoms with Crippen molar-refractivity contribution in [2.24, 2.45) is 0 Å². The number of hydrogen-bond donors (Lipinski definition) is 2. The molecular weight excluding hydrogens is 282 g/mol. The van der Waals surface area contributed by atoms with Crippen LogP contribution >= 0.6 is 0 Å². The Balaban J connectivity index is 1.82. The summed E-state index contributed by atoms with van der Waals surface area (Å²) in [4.78, 5) is 25.5. The van der Waals surface area contributed by atoms with Crippen molar-refractivity contribution in [2.75, 3.05) is 0 Å². The fourth-order valence-corrected chi connectivity index (χ4v) is 3.00. The second kappa shape index (κ2) is 5.51. The van der Waals surface area contributed by atoms with Crippen molar-refractivity contribution in [3.63, 3.8) is 0 Å². The monoisotopic (exact) mass is 299 g/mol. The lowest BCUT2D eigenvalue weighted by Gasteiger charge is -2.34. The molecule has 0 saturated carbocycles. The summed E-state index contributed by atoms with van der Waals surface area (Å²) < 4.78 is 0. The number of aliphatic hydroxyl groups excluding tert-OH is 1. The van der Waals surface area contributed by atoms with E-state index in [-0.39, 0.29) is 12.8 Å². The fraction of sp³-hybridized carbons (Fsp3) is 0.294. The molecule has 0 bridgehead atoms. The Bertz CT molecular complexity index is 652. The zero-order valence-corrected chi connectivity index (χ0v) is 11.9. The van der Waals surface area contributed by atoms with Gasteiger partial charge in [-0.05, 0) is 11.6 Å². The van der Waals surface area contributed by atoms with Gasteiger partial charge in [-0.2, -0.15) is 0 Å². The van der Waals surface area contributed by atoms with Crippen molar-refractivity contribution in [3.05, 3.63) is 54.1 Å². The maximum Gasteiger partial charge on any atom is 0.253 e. The Morgan fingerprint density at radius 3 is 2.77 bits per heavy atom. The molecule has 1 heterocycles. The first kappa shape index (κ1) is 14.7. The molecule has 1 aliphatic heterocycles. The number of amides is 2. The van der Waals surface area contributed by atoms with Crippen LogP contribution in [0.1, 0.15) is 18.4 Å². The van der Waals surface area contributed by atoms with E-state index in [0.717, 1.165) is 10.5 Å². The summed E-state index contributed by atoms with van der Waals surface area (Å²) in [5, 5.41) is 20.2. The summed E-state index contributed by atoms with van der Waals surface area (Å²) in [7, 11) is 0. The molecule has 0 radical (unpaired) electrons. The lowest BCUT2D eigenvalue weighted by Crippen LogP contribution is -2.49. The third-order valence-electron chi connectivity index (χ3n) is 4.12. The van der Waals surface area contributed by atoms with E-state index in [1.165, 1.54) is 18.2 Å². The number of fused-ring (bicyclic) bond motifs is 1. The first-order chi connectivity index (χ1) is 10.5. The van der Waals surface area contributed by atoms with E-state index in [1.54, 1.807) is 6.08 Å². The van der Waals surface area contributed by atoms with Gasteiger partial charge < -0.3 is 10.2 Å². The Hall–Kier alpha value is -2.24. The van der Waals surface area contributed by atoms with Crippen LogP contribution in [0.5, 0.6) is 0 Å². The summed E-state index contributed by atoms with van der Waals surface area (Å²) in [6, 6.07) is 8.56. The number of nitrogens with zero attached hydrogens (tertiary/aromatic N) is 1. The van der Waals surface area contributed by atoms with Gasteiger partial charge in [-0.15, -0.1) is 0 Å². The van der Waals surface area contributed by atoms with E-state index in [2.05, 4.69) is 0 Å². The maximum absolute atomic E-state index is 12.3. The molecule has 5 nitrogen and oxygen atoms in total. The van der Waals surface area contributed by atoms with Crippen LogP contribution in [0.2, 0.25) is 0 Å². The number of carbonyl (C=O) groups excluding carboxylic acids is 2. The van der Waals surface area contributed by atoms with Crippen LogP contribution in [0.15, 0.2) is 48.6 Å². The van der Waals surface area contributed by atoms with Gasteiger partial charge in [-0.1, -0.05) is 42.5 Å². The molecule has 2 amide bonds. The van der Waals surface area contributed by atoms with Crippen LogP contribution in [0.4, 0.5) is 0 Å². The van der Waals surface area contributed by atoms with Gasteiger partial charge in [0.2, 0.25) is 5.91 Å². The Morgan fingerprint density at radius 2 is 2.05 bits per heavy atom. The zero-order chi connectivity index (χ0) is 15.7. The predicted octanol–water partition coefficient (Wildman–Crippen LogP) is 0.879. The first-order valence-electron chi connectivity index (χ1n) is 7.18. The zero-order valence-electron chi connectivity index (χ0n) is 11.9. The minimum atomic E-state index is -1.37. The van der Waals surface area contributed by atoms with Gasteiger partial charge in [-0.3, -0.25) is 14.5 Å². The molecule has 1 aromatic rings. The van der Waals surface area contributed by atoms with Crippen LogP contribution in [-0.2, 0) is 9.59 Å². The molecule has 1 fully saturated rings. The van der Waals surface area contributed by atoms with Gasteiger partial charge in [0.15, 0.2) is 0 Å². The van der Waals surface area contributed by atoms with Gasteiger partial charge in [0.25, 0.3) is 5.91 Å². The number of benzene rings is 1. The topological polar surface area (TPSA) is 77.8 Å². The highest BCUT2D eigenvalue weighted by Gasteiger charge is 2.53. The number of carbonyl (C=O) groups is 2. The van der Waals surface area contributed by atoms with Crippen molar-refractivity contribution < 1.29 is 19.8 Å². The molecule has 0 unspecified atom stereocenters. The largest absolute Gasteiger partial charge is 0.389 e. The normalized spacial score (nSPS) is 30.8. The van der Waals surface area contributed by atoms with E-state index in [9.17, 15) is 19.8 Å². The van der Waals surface area contributed by atoms with Crippen molar-refractivity contribution in [2.45, 2.75) is 30.6 Å². The second-order valence-electron chi connectivity index (χ2n) is 5.69. The molecule has 5 heteroatoms. The molecule has 2 aliphatic rings. The molecule has 22 heavy (non-hydrogen) atoms. The standard InChI is InChI=1S/C17H17NO4/c19-13-8-9-17(22)11-16(21)18(14(17)10-13)15(20)7-6-12-4-2-1-3-5-12/h1-9,13-14,19,22H,10-11H2/b7-6+/t13-,14-,17-/m0/s1. The molecule has 1 saturated heterocycles. The average Bonchev–Trinajstić information content (AvgIpc) is 2.76. The number of likely N-dealkylation sites (tertiary alicyclic amines) is 1. The van der Waals surface area contributed by atoms with Gasteiger partial charge in [0.05, 0.1) is 18.6 Å². The highest BCUT2D eigenvalue weighted by molar-refractivity contribution is 6.05. The van der Waals surface area contributed by atoms with Crippen LogP contribution in [0.25, 0.3) is 6.08 Å². The van der Waals surface area contributed by atoms with Crippen molar-refractivity contribution in [3.8, 4) is 0 Å². The molecule has 3 rings (SSSR count). The summed E-state index contributed by atoms with van der Waals surface area (Å²) in [5.41, 5.74) is -0.520. The summed E-state index contributed by atoms with van der Waals surface area (Å²) in [6.07, 6.45) is 5.11. The fourth-order valence-electron chi connectivity index (χ4n) is 3.00. The molecule has 1 aromatic carbocycles. The molecule has 0 spiro atoms. The second-order valence-corrected chi connectivity index (χ2v) is 5.69. The molecular formula is C17H17NO4. The maximum atomic E-state index is 12.3. The predicted molar refractivity (Wildman–Crippen MR) is 80.4 cm³/mol. The SMILES string of the molecule is O=C(/C=C/c1ccccc1)N1C(=O)C[C@@]2(O)C=C[C@H](O)C[C@H]12. The Kier molecular flexibility index (Phi) is 3.68. The molecule has 114 valence electrons. The first-order valence-corrected chi connectivity index (χ1v) is 7.18. The number of rotatable bonds is 2. The third kappa shape index (κ3) is 2.61. The van der Waals surface area contributed by atoms with Crippen LogP contribution in [-0.4, -0.2) is 44.7 Å². The van der Waals surface area contributed by atoms with E-state index < -0.39 is 29.6 Å².